The van der Waals surface area contributed by atoms with Crippen molar-refractivity contribution in [1.82, 2.24) is 10.1 Å². The number of nitrogen functional groups attached to an aromatic ring is 1. The highest BCUT2D eigenvalue weighted by Crippen LogP contribution is 2.31. The topological polar surface area (TPSA) is 105 Å². The molecule has 0 radical (unpaired) electrons. The molecule has 0 bridgehead atoms. The Morgan fingerprint density at radius 2 is 1.86 bits per heavy atom. The molecule has 4 N–H and O–H groups in total. The first kappa shape index (κ1) is 12.9. The lowest BCUT2D eigenvalue weighted by atomic mass is 10.1. The molecule has 0 saturated carbocycles. The van der Waals surface area contributed by atoms with E-state index in [0.29, 0.717) is 16.8 Å². The van der Waals surface area contributed by atoms with Gasteiger partial charge in [-0.3, -0.25) is 0 Å². The van der Waals surface area contributed by atoms with Gasteiger partial charge in [0.1, 0.15) is 5.75 Å². The summed E-state index contributed by atoms with van der Waals surface area (Å²) in [7, 11) is 0. The number of aromatic nitrogens is 2. The Kier molecular flexibility index (Phi) is 2.94. The fourth-order valence-electron chi connectivity index (χ4n) is 1.83. The third-order valence-corrected chi connectivity index (χ3v) is 2.88. The standard InChI is InChI=1S/C14H10FN3O3/c15-10-5-7(1-4-11(10)19)13-17-14(21-18-13)9-3-2-8(16)6-12(9)20/h1-6,19-20H,16H2. The zero-order chi connectivity index (χ0) is 15.0. The lowest BCUT2D eigenvalue weighted by molar-refractivity contribution is 0.425. The van der Waals surface area contributed by atoms with Gasteiger partial charge in [0, 0.05) is 17.3 Å². The van der Waals surface area contributed by atoms with Gasteiger partial charge in [0.05, 0.1) is 5.56 Å². The van der Waals surface area contributed by atoms with Crippen LogP contribution in [0.4, 0.5) is 10.1 Å². The molecular formula is C14H10FN3O3. The van der Waals surface area contributed by atoms with Crippen LogP contribution in [0, 0.1) is 5.82 Å². The zero-order valence-electron chi connectivity index (χ0n) is 10.6. The molecule has 106 valence electrons. The van der Waals surface area contributed by atoms with Gasteiger partial charge in [-0.1, -0.05) is 5.16 Å². The number of anilines is 1. The van der Waals surface area contributed by atoms with Crippen molar-refractivity contribution in [3.63, 3.8) is 0 Å². The van der Waals surface area contributed by atoms with Crippen LogP contribution in [0.2, 0.25) is 0 Å². The molecule has 0 spiro atoms. The van der Waals surface area contributed by atoms with E-state index in [1.807, 2.05) is 0 Å². The van der Waals surface area contributed by atoms with E-state index in [9.17, 15) is 9.50 Å². The highest BCUT2D eigenvalue weighted by molar-refractivity contribution is 5.68. The van der Waals surface area contributed by atoms with E-state index in [-0.39, 0.29) is 17.5 Å². The molecule has 3 aromatic rings. The summed E-state index contributed by atoms with van der Waals surface area (Å²) < 4.78 is 18.4. The van der Waals surface area contributed by atoms with Crippen molar-refractivity contribution in [2.24, 2.45) is 0 Å². The molecule has 0 atom stereocenters. The summed E-state index contributed by atoms with van der Waals surface area (Å²) in [5.74, 6) is -1.12. The van der Waals surface area contributed by atoms with Crippen LogP contribution in [-0.4, -0.2) is 20.4 Å². The maximum atomic E-state index is 13.3. The molecule has 0 fully saturated rings. The summed E-state index contributed by atoms with van der Waals surface area (Å²) in [5, 5.41) is 22.7. The molecule has 0 aliphatic carbocycles. The highest BCUT2D eigenvalue weighted by Gasteiger charge is 2.15. The maximum Gasteiger partial charge on any atom is 0.262 e. The van der Waals surface area contributed by atoms with Gasteiger partial charge in [0.15, 0.2) is 11.6 Å². The summed E-state index contributed by atoms with van der Waals surface area (Å²) in [6.45, 7) is 0. The van der Waals surface area contributed by atoms with Crippen molar-refractivity contribution in [1.29, 1.82) is 0 Å². The van der Waals surface area contributed by atoms with Crippen molar-refractivity contribution >= 4 is 5.69 Å². The van der Waals surface area contributed by atoms with Crippen LogP contribution in [0.3, 0.4) is 0 Å². The van der Waals surface area contributed by atoms with Crippen LogP contribution in [0.25, 0.3) is 22.8 Å². The summed E-state index contributed by atoms with van der Waals surface area (Å²) in [6.07, 6.45) is 0. The minimum absolute atomic E-state index is 0.0796. The molecule has 21 heavy (non-hydrogen) atoms. The van der Waals surface area contributed by atoms with Crippen molar-refractivity contribution in [3.05, 3.63) is 42.2 Å². The fourth-order valence-corrected chi connectivity index (χ4v) is 1.83. The van der Waals surface area contributed by atoms with Crippen LogP contribution in [0.1, 0.15) is 0 Å². The first-order chi connectivity index (χ1) is 10.0. The molecule has 6 nitrogen and oxygen atoms in total. The number of nitrogens with two attached hydrogens (primary N) is 1. The fraction of sp³-hybridized carbons (Fsp3) is 0. The van der Waals surface area contributed by atoms with Gasteiger partial charge < -0.3 is 20.5 Å². The number of aromatic hydroxyl groups is 2. The number of rotatable bonds is 2. The Morgan fingerprint density at radius 3 is 2.57 bits per heavy atom. The average molecular weight is 287 g/mol. The Hall–Kier alpha value is -3.09. The van der Waals surface area contributed by atoms with Crippen LogP contribution in [0.5, 0.6) is 11.5 Å². The van der Waals surface area contributed by atoms with Gasteiger partial charge in [0.25, 0.3) is 5.89 Å². The summed E-state index contributed by atoms with van der Waals surface area (Å²) in [6, 6.07) is 8.22. The Labute approximate surface area is 118 Å². The quantitative estimate of drug-likeness (QED) is 0.625. The molecule has 0 aliphatic heterocycles. The van der Waals surface area contributed by atoms with E-state index in [2.05, 4.69) is 10.1 Å². The molecule has 0 amide bonds. The smallest absolute Gasteiger partial charge is 0.262 e. The second-order valence-corrected chi connectivity index (χ2v) is 4.37. The minimum atomic E-state index is -0.783. The highest BCUT2D eigenvalue weighted by atomic mass is 19.1. The summed E-state index contributed by atoms with van der Waals surface area (Å²) in [4.78, 5) is 4.09. The monoisotopic (exact) mass is 287 g/mol. The van der Waals surface area contributed by atoms with E-state index in [0.717, 1.165) is 6.07 Å². The van der Waals surface area contributed by atoms with Gasteiger partial charge in [-0.2, -0.15) is 4.98 Å². The average Bonchev–Trinajstić information content (AvgIpc) is 2.91. The third-order valence-electron chi connectivity index (χ3n) is 2.88. The number of nitrogens with zero attached hydrogens (tertiary/aromatic N) is 2. The minimum Gasteiger partial charge on any atom is -0.507 e. The predicted molar refractivity (Wildman–Crippen MR) is 72.9 cm³/mol. The van der Waals surface area contributed by atoms with Crippen LogP contribution in [0.15, 0.2) is 40.9 Å². The number of benzene rings is 2. The summed E-state index contributed by atoms with van der Waals surface area (Å²) in [5.41, 5.74) is 6.60. The summed E-state index contributed by atoms with van der Waals surface area (Å²) >= 11 is 0. The van der Waals surface area contributed by atoms with E-state index >= 15 is 0 Å². The lowest BCUT2D eigenvalue weighted by Gasteiger charge is -2.00. The second-order valence-electron chi connectivity index (χ2n) is 4.37. The number of phenols is 2. The molecule has 0 saturated heterocycles. The first-order valence-electron chi connectivity index (χ1n) is 5.96. The van der Waals surface area contributed by atoms with Crippen LogP contribution >= 0.6 is 0 Å². The van der Waals surface area contributed by atoms with Gasteiger partial charge >= 0.3 is 0 Å². The zero-order valence-corrected chi connectivity index (χ0v) is 10.6. The van der Waals surface area contributed by atoms with Gasteiger partial charge in [-0.25, -0.2) is 4.39 Å². The van der Waals surface area contributed by atoms with Crippen LogP contribution in [-0.2, 0) is 0 Å². The van der Waals surface area contributed by atoms with Gasteiger partial charge in [0.2, 0.25) is 5.82 Å². The van der Waals surface area contributed by atoms with E-state index in [1.165, 1.54) is 18.2 Å². The van der Waals surface area contributed by atoms with Crippen molar-refractivity contribution in [2.45, 2.75) is 0 Å². The molecule has 1 heterocycles. The molecule has 0 unspecified atom stereocenters. The molecule has 0 aliphatic rings. The Morgan fingerprint density at radius 1 is 1.05 bits per heavy atom. The molecule has 3 rings (SSSR count). The SMILES string of the molecule is Nc1ccc(-c2nc(-c3ccc(O)c(F)c3)no2)c(O)c1. The van der Waals surface area contributed by atoms with Gasteiger partial charge in [-0.05, 0) is 30.3 Å². The Bertz CT molecular complexity index is 817. The maximum absolute atomic E-state index is 13.3. The van der Waals surface area contributed by atoms with E-state index < -0.39 is 11.6 Å². The second kappa shape index (κ2) is 4.78. The first-order valence-corrected chi connectivity index (χ1v) is 5.96. The largest absolute Gasteiger partial charge is 0.507 e. The Balaban J connectivity index is 2.01. The number of hydrogen-bond donors (Lipinski definition) is 3. The molecular weight excluding hydrogens is 277 g/mol. The van der Waals surface area contributed by atoms with Crippen LogP contribution < -0.4 is 5.73 Å². The number of halogens is 1. The number of hydrogen-bond acceptors (Lipinski definition) is 6. The normalized spacial score (nSPS) is 10.7. The number of phenolic OH excluding ortho intramolecular Hbond substituents is 2. The van der Waals surface area contributed by atoms with Crippen molar-refractivity contribution in [3.8, 4) is 34.3 Å². The van der Waals surface area contributed by atoms with Crippen molar-refractivity contribution in [2.75, 3.05) is 5.73 Å². The van der Waals surface area contributed by atoms with Gasteiger partial charge in [-0.15, -0.1) is 0 Å². The lowest BCUT2D eigenvalue weighted by Crippen LogP contribution is -1.86. The third kappa shape index (κ3) is 2.36. The van der Waals surface area contributed by atoms with Crippen molar-refractivity contribution < 1.29 is 19.1 Å². The molecule has 7 heteroatoms. The molecule has 1 aromatic heterocycles. The van der Waals surface area contributed by atoms with E-state index in [4.69, 9.17) is 15.4 Å². The predicted octanol–water partition coefficient (Wildman–Crippen LogP) is 2.54. The van der Waals surface area contributed by atoms with E-state index in [1.54, 1.807) is 12.1 Å². The molecule has 2 aromatic carbocycles.